The Balaban J connectivity index is 1.44. The minimum absolute atomic E-state index is 0.215. The number of halogens is 2. The first kappa shape index (κ1) is 23.1. The van der Waals surface area contributed by atoms with Crippen molar-refractivity contribution in [3.05, 3.63) is 99.0 Å². The number of hydrogen-bond acceptors (Lipinski definition) is 5. The molecule has 1 heterocycles. The van der Waals surface area contributed by atoms with Gasteiger partial charge in [-0.2, -0.15) is 0 Å². The van der Waals surface area contributed by atoms with Crippen molar-refractivity contribution in [2.24, 2.45) is 0 Å². The molecule has 0 bridgehead atoms. The van der Waals surface area contributed by atoms with Crippen LogP contribution in [0.3, 0.4) is 0 Å². The third-order valence-electron chi connectivity index (χ3n) is 4.84. The van der Waals surface area contributed by atoms with Gasteiger partial charge in [-0.15, -0.1) is 11.3 Å². The van der Waals surface area contributed by atoms with E-state index >= 15 is 0 Å². The molecule has 168 valence electrons. The molecule has 0 radical (unpaired) electrons. The van der Waals surface area contributed by atoms with Crippen LogP contribution in [0.15, 0.2) is 72.1 Å². The molecule has 3 aromatic carbocycles. The minimum Gasteiger partial charge on any atom is -0.493 e. The lowest BCUT2D eigenvalue weighted by molar-refractivity contribution is 0.0946. The Morgan fingerprint density at radius 3 is 2.61 bits per heavy atom. The molecule has 0 unspecified atom stereocenters. The van der Waals surface area contributed by atoms with Crippen molar-refractivity contribution in [1.82, 2.24) is 10.3 Å². The third-order valence-corrected chi connectivity index (χ3v) is 6.32. The van der Waals surface area contributed by atoms with Crippen LogP contribution in [0.4, 0.5) is 0 Å². The zero-order valence-electron chi connectivity index (χ0n) is 17.7. The van der Waals surface area contributed by atoms with Crippen molar-refractivity contribution in [3.8, 4) is 22.1 Å². The van der Waals surface area contributed by atoms with E-state index in [1.54, 1.807) is 24.6 Å². The molecule has 1 aromatic heterocycles. The molecule has 0 aliphatic rings. The topological polar surface area (TPSA) is 60.5 Å². The SMILES string of the molecule is COc1cc(-c2nc(C(=O)NCc3ccccc3)cs2)ccc1OCc1ccc(Cl)cc1Cl. The zero-order chi connectivity index (χ0) is 23.2. The van der Waals surface area contributed by atoms with Crippen LogP contribution < -0.4 is 14.8 Å². The van der Waals surface area contributed by atoms with Crippen LogP contribution in [0.2, 0.25) is 10.0 Å². The highest BCUT2D eigenvalue weighted by Crippen LogP contribution is 2.34. The van der Waals surface area contributed by atoms with Gasteiger partial charge >= 0.3 is 0 Å². The van der Waals surface area contributed by atoms with Gasteiger partial charge in [-0.25, -0.2) is 4.98 Å². The molecule has 8 heteroatoms. The summed E-state index contributed by atoms with van der Waals surface area (Å²) in [6.07, 6.45) is 0. The molecule has 1 N–H and O–H groups in total. The summed E-state index contributed by atoms with van der Waals surface area (Å²) in [6, 6.07) is 20.5. The van der Waals surface area contributed by atoms with Gasteiger partial charge in [-0.3, -0.25) is 4.79 Å². The number of carbonyl (C=O) groups is 1. The average Bonchev–Trinajstić information content (AvgIpc) is 3.33. The molecule has 33 heavy (non-hydrogen) atoms. The van der Waals surface area contributed by atoms with Crippen LogP contribution in [-0.4, -0.2) is 18.0 Å². The number of carbonyl (C=O) groups excluding carboxylic acids is 1. The lowest BCUT2D eigenvalue weighted by atomic mass is 10.2. The molecular formula is C25H20Cl2N2O3S. The van der Waals surface area contributed by atoms with Gasteiger partial charge in [0.1, 0.15) is 17.3 Å². The lowest BCUT2D eigenvalue weighted by Gasteiger charge is -2.12. The highest BCUT2D eigenvalue weighted by Gasteiger charge is 2.14. The molecule has 0 aliphatic carbocycles. The van der Waals surface area contributed by atoms with E-state index in [4.69, 9.17) is 32.7 Å². The van der Waals surface area contributed by atoms with E-state index in [2.05, 4.69) is 10.3 Å². The van der Waals surface area contributed by atoms with Crippen LogP contribution in [0, 0.1) is 0 Å². The van der Waals surface area contributed by atoms with Crippen molar-refractivity contribution in [2.75, 3.05) is 7.11 Å². The number of nitrogens with one attached hydrogen (secondary N) is 1. The van der Waals surface area contributed by atoms with E-state index in [1.807, 2.05) is 54.6 Å². The van der Waals surface area contributed by atoms with Gasteiger partial charge < -0.3 is 14.8 Å². The standard InChI is InChI=1S/C25H20Cl2N2O3S/c1-31-23-11-17(8-10-22(23)32-14-18-7-9-19(26)12-20(18)27)25-29-21(15-33-25)24(30)28-13-16-5-3-2-4-6-16/h2-12,15H,13-14H2,1H3,(H,28,30). The second-order valence-electron chi connectivity index (χ2n) is 7.10. The van der Waals surface area contributed by atoms with Gasteiger partial charge in [0.25, 0.3) is 5.91 Å². The van der Waals surface area contributed by atoms with Crippen molar-refractivity contribution in [2.45, 2.75) is 13.2 Å². The maximum Gasteiger partial charge on any atom is 0.271 e. The number of aromatic nitrogens is 1. The van der Waals surface area contributed by atoms with Crippen LogP contribution in [-0.2, 0) is 13.2 Å². The van der Waals surface area contributed by atoms with Crippen LogP contribution in [0.1, 0.15) is 21.6 Å². The maximum absolute atomic E-state index is 12.5. The number of benzene rings is 3. The summed E-state index contributed by atoms with van der Waals surface area (Å²) >= 11 is 13.6. The number of hydrogen-bond donors (Lipinski definition) is 1. The molecule has 0 aliphatic heterocycles. The van der Waals surface area contributed by atoms with E-state index in [9.17, 15) is 4.79 Å². The first-order valence-electron chi connectivity index (χ1n) is 10.1. The number of amides is 1. The molecule has 0 spiro atoms. The second kappa shape index (κ2) is 10.7. The van der Waals surface area contributed by atoms with Crippen molar-refractivity contribution < 1.29 is 14.3 Å². The van der Waals surface area contributed by atoms with Crippen LogP contribution >= 0.6 is 34.5 Å². The lowest BCUT2D eigenvalue weighted by Crippen LogP contribution is -2.23. The fourth-order valence-corrected chi connectivity index (χ4v) is 4.35. The molecule has 0 saturated heterocycles. The minimum atomic E-state index is -0.215. The first-order chi connectivity index (χ1) is 16.0. The molecule has 0 saturated carbocycles. The Kier molecular flexibility index (Phi) is 7.50. The van der Waals surface area contributed by atoms with Gasteiger partial charge in [0.2, 0.25) is 0 Å². The van der Waals surface area contributed by atoms with Crippen molar-refractivity contribution in [3.63, 3.8) is 0 Å². The number of thiazole rings is 1. The fourth-order valence-electron chi connectivity index (χ4n) is 3.09. The molecular weight excluding hydrogens is 479 g/mol. The number of ether oxygens (including phenoxy) is 2. The highest BCUT2D eigenvalue weighted by atomic mass is 35.5. The Bertz CT molecular complexity index is 1260. The highest BCUT2D eigenvalue weighted by molar-refractivity contribution is 7.13. The normalized spacial score (nSPS) is 10.6. The van der Waals surface area contributed by atoms with Gasteiger partial charge in [0, 0.05) is 33.1 Å². The van der Waals surface area contributed by atoms with Crippen molar-refractivity contribution in [1.29, 1.82) is 0 Å². The van der Waals surface area contributed by atoms with E-state index in [1.165, 1.54) is 11.3 Å². The van der Waals surface area contributed by atoms with E-state index < -0.39 is 0 Å². The molecule has 0 atom stereocenters. The van der Waals surface area contributed by atoms with E-state index in [0.717, 1.165) is 16.7 Å². The Morgan fingerprint density at radius 1 is 1.03 bits per heavy atom. The molecule has 1 amide bonds. The molecule has 5 nitrogen and oxygen atoms in total. The largest absolute Gasteiger partial charge is 0.493 e. The summed E-state index contributed by atoms with van der Waals surface area (Å²) in [5, 5.41) is 6.46. The summed E-state index contributed by atoms with van der Waals surface area (Å²) in [5.74, 6) is 0.917. The first-order valence-corrected chi connectivity index (χ1v) is 11.7. The van der Waals surface area contributed by atoms with Gasteiger partial charge in [0.05, 0.1) is 7.11 Å². The van der Waals surface area contributed by atoms with E-state index in [0.29, 0.717) is 38.8 Å². The maximum atomic E-state index is 12.5. The molecule has 0 fully saturated rings. The summed E-state index contributed by atoms with van der Waals surface area (Å²) in [4.78, 5) is 17.0. The average molecular weight is 499 g/mol. The number of methoxy groups -OCH3 is 1. The van der Waals surface area contributed by atoms with Crippen LogP contribution in [0.25, 0.3) is 10.6 Å². The number of nitrogens with zero attached hydrogens (tertiary/aromatic N) is 1. The monoisotopic (exact) mass is 498 g/mol. The quantitative estimate of drug-likeness (QED) is 0.296. The summed E-state index contributed by atoms with van der Waals surface area (Å²) < 4.78 is 11.4. The predicted octanol–water partition coefficient (Wildman–Crippen LogP) is 6.63. The number of rotatable bonds is 8. The zero-order valence-corrected chi connectivity index (χ0v) is 20.0. The van der Waals surface area contributed by atoms with Gasteiger partial charge in [0.15, 0.2) is 11.5 Å². The predicted molar refractivity (Wildman–Crippen MR) is 133 cm³/mol. The van der Waals surface area contributed by atoms with E-state index in [-0.39, 0.29) is 12.5 Å². The summed E-state index contributed by atoms with van der Waals surface area (Å²) in [6.45, 7) is 0.721. The molecule has 4 rings (SSSR count). The summed E-state index contributed by atoms with van der Waals surface area (Å²) in [5.41, 5.74) is 3.05. The van der Waals surface area contributed by atoms with Crippen molar-refractivity contribution >= 4 is 40.4 Å². The Hall–Kier alpha value is -3.06. The summed E-state index contributed by atoms with van der Waals surface area (Å²) in [7, 11) is 1.57. The molecule has 4 aromatic rings. The van der Waals surface area contributed by atoms with Crippen LogP contribution in [0.5, 0.6) is 11.5 Å². The van der Waals surface area contributed by atoms with Gasteiger partial charge in [-0.1, -0.05) is 59.6 Å². The smallest absolute Gasteiger partial charge is 0.271 e. The Labute approximate surface area is 205 Å². The third kappa shape index (κ3) is 5.85. The fraction of sp³-hybridized carbons (Fsp3) is 0.120. The Morgan fingerprint density at radius 2 is 1.85 bits per heavy atom. The van der Waals surface area contributed by atoms with Gasteiger partial charge in [-0.05, 0) is 35.9 Å². The second-order valence-corrected chi connectivity index (χ2v) is 8.80.